The number of halogens is 2. The summed E-state index contributed by atoms with van der Waals surface area (Å²) in [4.78, 5) is 28.0. The average molecular weight is 441 g/mol. The van der Waals surface area contributed by atoms with Gasteiger partial charge in [-0.2, -0.15) is 0 Å². The Morgan fingerprint density at radius 1 is 0.967 bits per heavy atom. The Morgan fingerprint density at radius 2 is 1.77 bits per heavy atom. The van der Waals surface area contributed by atoms with Gasteiger partial charge < -0.3 is 10.2 Å². The minimum atomic E-state index is -0.527. The number of amides is 2. The molecule has 0 bridgehead atoms. The molecule has 0 radical (unpaired) electrons. The van der Waals surface area contributed by atoms with E-state index in [-0.39, 0.29) is 18.4 Å². The average Bonchev–Trinajstić information content (AvgIpc) is 2.98. The maximum absolute atomic E-state index is 13.6. The highest BCUT2D eigenvalue weighted by atomic mass is 35.5. The van der Waals surface area contributed by atoms with Crippen LogP contribution in [0.2, 0.25) is 10.0 Å². The monoisotopic (exact) mass is 440 g/mol. The Morgan fingerprint density at radius 3 is 2.57 bits per heavy atom. The van der Waals surface area contributed by atoms with E-state index in [0.717, 1.165) is 29.2 Å². The molecule has 1 atom stereocenters. The van der Waals surface area contributed by atoms with Crippen LogP contribution in [0.5, 0.6) is 0 Å². The third-order valence-corrected chi connectivity index (χ3v) is 6.22. The molecule has 154 valence electrons. The summed E-state index contributed by atoms with van der Waals surface area (Å²) in [7, 11) is 0. The van der Waals surface area contributed by atoms with Crippen LogP contribution in [0.15, 0.2) is 60.7 Å². The molecule has 0 saturated carbocycles. The zero-order valence-electron chi connectivity index (χ0n) is 16.4. The van der Waals surface area contributed by atoms with Gasteiger partial charge in [-0.25, -0.2) is 0 Å². The Labute approximate surface area is 185 Å². The summed E-state index contributed by atoms with van der Waals surface area (Å²) >= 11 is 12.2. The second-order valence-corrected chi connectivity index (χ2v) is 8.36. The van der Waals surface area contributed by atoms with Gasteiger partial charge in [0.05, 0.1) is 10.0 Å². The molecule has 3 aromatic rings. The quantitative estimate of drug-likeness (QED) is 0.585. The van der Waals surface area contributed by atoms with Crippen LogP contribution in [0.4, 0.5) is 0 Å². The molecule has 1 saturated heterocycles. The van der Waals surface area contributed by atoms with Crippen molar-refractivity contribution in [2.45, 2.75) is 31.8 Å². The SMILES string of the molecule is O=C1NCCCCC1N(Cc1ccc(Cl)c(Cl)c1)C(=O)c1ccc2ccccc2c1. The van der Waals surface area contributed by atoms with Gasteiger partial charge in [-0.05, 0) is 59.9 Å². The first kappa shape index (κ1) is 20.7. The molecule has 0 spiro atoms. The minimum absolute atomic E-state index is 0.110. The molecule has 3 aromatic carbocycles. The smallest absolute Gasteiger partial charge is 0.254 e. The van der Waals surface area contributed by atoms with Crippen LogP contribution in [0.3, 0.4) is 0 Å². The van der Waals surface area contributed by atoms with Gasteiger partial charge in [0.2, 0.25) is 5.91 Å². The van der Waals surface area contributed by atoms with Crippen molar-refractivity contribution in [3.8, 4) is 0 Å². The van der Waals surface area contributed by atoms with Crippen molar-refractivity contribution in [2.75, 3.05) is 6.54 Å². The van der Waals surface area contributed by atoms with Crippen molar-refractivity contribution < 1.29 is 9.59 Å². The zero-order chi connectivity index (χ0) is 21.1. The number of hydrogen-bond acceptors (Lipinski definition) is 2. The highest BCUT2D eigenvalue weighted by Crippen LogP contribution is 2.26. The molecule has 1 aliphatic rings. The van der Waals surface area contributed by atoms with E-state index >= 15 is 0 Å². The highest BCUT2D eigenvalue weighted by molar-refractivity contribution is 6.42. The van der Waals surface area contributed by atoms with E-state index in [1.165, 1.54) is 0 Å². The number of fused-ring (bicyclic) bond motifs is 1. The van der Waals surface area contributed by atoms with Crippen LogP contribution in [0.1, 0.15) is 35.2 Å². The summed E-state index contributed by atoms with van der Waals surface area (Å²) in [5.41, 5.74) is 1.39. The van der Waals surface area contributed by atoms with Gasteiger partial charge in [0.25, 0.3) is 5.91 Å². The van der Waals surface area contributed by atoms with Crippen molar-refractivity contribution in [2.24, 2.45) is 0 Å². The van der Waals surface area contributed by atoms with Gasteiger partial charge in [-0.3, -0.25) is 9.59 Å². The summed E-state index contributed by atoms with van der Waals surface area (Å²) in [5.74, 6) is -0.282. The summed E-state index contributed by atoms with van der Waals surface area (Å²) in [6.45, 7) is 0.917. The van der Waals surface area contributed by atoms with Gasteiger partial charge in [0.15, 0.2) is 0 Å². The van der Waals surface area contributed by atoms with Crippen LogP contribution in [0.25, 0.3) is 10.8 Å². The summed E-state index contributed by atoms with van der Waals surface area (Å²) < 4.78 is 0. The maximum atomic E-state index is 13.6. The van der Waals surface area contributed by atoms with Gasteiger partial charge >= 0.3 is 0 Å². The van der Waals surface area contributed by atoms with Crippen LogP contribution >= 0.6 is 23.2 Å². The molecule has 1 unspecified atom stereocenters. The predicted molar refractivity (Wildman–Crippen MR) is 121 cm³/mol. The first-order chi connectivity index (χ1) is 14.5. The van der Waals surface area contributed by atoms with Gasteiger partial charge in [0.1, 0.15) is 6.04 Å². The second-order valence-electron chi connectivity index (χ2n) is 7.55. The van der Waals surface area contributed by atoms with E-state index in [4.69, 9.17) is 23.2 Å². The number of hydrogen-bond donors (Lipinski definition) is 1. The van der Waals surface area contributed by atoms with E-state index in [0.29, 0.717) is 28.6 Å². The van der Waals surface area contributed by atoms with Crippen LogP contribution in [-0.2, 0) is 11.3 Å². The molecule has 1 N–H and O–H groups in total. The molecule has 30 heavy (non-hydrogen) atoms. The second kappa shape index (κ2) is 9.07. The molecule has 1 aliphatic heterocycles. The normalized spacial score (nSPS) is 16.7. The van der Waals surface area contributed by atoms with Crippen LogP contribution in [-0.4, -0.2) is 29.3 Å². The highest BCUT2D eigenvalue weighted by Gasteiger charge is 2.31. The van der Waals surface area contributed by atoms with Crippen molar-refractivity contribution in [3.05, 3.63) is 81.8 Å². The third kappa shape index (κ3) is 4.45. The summed E-state index contributed by atoms with van der Waals surface area (Å²) in [5, 5.41) is 5.88. The summed E-state index contributed by atoms with van der Waals surface area (Å²) in [6.07, 6.45) is 2.42. The van der Waals surface area contributed by atoms with Crippen molar-refractivity contribution in [1.29, 1.82) is 0 Å². The zero-order valence-corrected chi connectivity index (χ0v) is 17.9. The number of carbonyl (C=O) groups excluding carboxylic acids is 2. The lowest BCUT2D eigenvalue weighted by molar-refractivity contribution is -0.125. The van der Waals surface area contributed by atoms with Crippen molar-refractivity contribution in [3.63, 3.8) is 0 Å². The number of rotatable bonds is 4. The van der Waals surface area contributed by atoms with Crippen LogP contribution < -0.4 is 5.32 Å². The van der Waals surface area contributed by atoms with Crippen molar-refractivity contribution >= 4 is 45.8 Å². The molecule has 1 fully saturated rings. The molecular formula is C24H22Cl2N2O2. The molecule has 1 heterocycles. The number of benzene rings is 3. The van der Waals surface area contributed by atoms with Crippen LogP contribution in [0, 0.1) is 0 Å². The number of carbonyl (C=O) groups is 2. The number of nitrogens with zero attached hydrogens (tertiary/aromatic N) is 1. The Balaban J connectivity index is 1.71. The molecule has 0 aliphatic carbocycles. The minimum Gasteiger partial charge on any atom is -0.354 e. The molecule has 0 aromatic heterocycles. The standard InChI is InChI=1S/C24H22Cl2N2O2/c25-20-11-8-16(13-21(20)26)15-28(22-7-3-4-12-27-23(22)29)24(30)19-10-9-17-5-1-2-6-18(17)14-19/h1-2,5-6,8-11,13-14,22H,3-4,7,12,15H2,(H,27,29). The maximum Gasteiger partial charge on any atom is 0.254 e. The lowest BCUT2D eigenvalue weighted by Crippen LogP contribution is -2.48. The van der Waals surface area contributed by atoms with E-state index in [1.54, 1.807) is 17.0 Å². The molecular weight excluding hydrogens is 419 g/mol. The lowest BCUT2D eigenvalue weighted by atomic mass is 10.0. The van der Waals surface area contributed by atoms with Gasteiger partial charge in [-0.15, -0.1) is 0 Å². The van der Waals surface area contributed by atoms with E-state index < -0.39 is 6.04 Å². The first-order valence-corrected chi connectivity index (χ1v) is 10.8. The summed E-state index contributed by atoms with van der Waals surface area (Å²) in [6, 6.07) is 18.3. The fourth-order valence-corrected chi connectivity index (χ4v) is 4.19. The van der Waals surface area contributed by atoms with Crippen molar-refractivity contribution in [1.82, 2.24) is 10.2 Å². The fourth-order valence-electron chi connectivity index (χ4n) is 3.87. The van der Waals surface area contributed by atoms with Gasteiger partial charge in [0, 0.05) is 18.7 Å². The Bertz CT molecular complexity index is 1100. The third-order valence-electron chi connectivity index (χ3n) is 5.48. The van der Waals surface area contributed by atoms with E-state index in [9.17, 15) is 9.59 Å². The fraction of sp³-hybridized carbons (Fsp3) is 0.250. The molecule has 4 rings (SSSR count). The Hall–Kier alpha value is -2.56. The predicted octanol–water partition coefficient (Wildman–Crippen LogP) is 5.46. The first-order valence-electron chi connectivity index (χ1n) is 10.0. The molecule has 4 nitrogen and oxygen atoms in total. The van der Waals surface area contributed by atoms with Gasteiger partial charge in [-0.1, -0.05) is 59.6 Å². The number of nitrogens with one attached hydrogen (secondary N) is 1. The topological polar surface area (TPSA) is 49.4 Å². The largest absolute Gasteiger partial charge is 0.354 e. The van der Waals surface area contributed by atoms with E-state index in [1.807, 2.05) is 48.5 Å². The lowest BCUT2D eigenvalue weighted by Gasteiger charge is -2.30. The molecule has 2 amide bonds. The van der Waals surface area contributed by atoms with E-state index in [2.05, 4.69) is 5.32 Å². The molecule has 6 heteroatoms. The Kier molecular flexibility index (Phi) is 6.26.